The van der Waals surface area contributed by atoms with Crippen LogP contribution in [0.2, 0.25) is 0 Å². The molecule has 8 heteroatoms. The van der Waals surface area contributed by atoms with Gasteiger partial charge in [0.25, 0.3) is 0 Å². The van der Waals surface area contributed by atoms with Gasteiger partial charge in [-0.1, -0.05) is 0 Å². The van der Waals surface area contributed by atoms with Crippen LogP contribution in [0, 0.1) is 0 Å². The molecule has 0 bridgehead atoms. The van der Waals surface area contributed by atoms with Gasteiger partial charge in [0.05, 0.1) is 5.69 Å². The summed E-state index contributed by atoms with van der Waals surface area (Å²) in [5.74, 6) is 0.646. The van der Waals surface area contributed by atoms with E-state index >= 15 is 0 Å². The second-order valence-corrected chi connectivity index (χ2v) is 7.48. The summed E-state index contributed by atoms with van der Waals surface area (Å²) in [6.45, 7) is 4.60. The SMILES string of the molecule is O=c1cc(CN2CCNCC2)c2ccc(Nc3cc(-c4cccnc4)ncn3)cc2o1. The maximum absolute atomic E-state index is 12.2. The number of nitrogens with zero attached hydrogens (tertiary/aromatic N) is 4. The van der Waals surface area contributed by atoms with E-state index in [1.165, 1.54) is 6.33 Å². The Bertz CT molecular complexity index is 1250. The second-order valence-electron chi connectivity index (χ2n) is 7.48. The average molecular weight is 414 g/mol. The number of fused-ring (bicyclic) bond motifs is 1. The molecule has 0 amide bonds. The third kappa shape index (κ3) is 4.45. The van der Waals surface area contributed by atoms with E-state index < -0.39 is 0 Å². The predicted molar refractivity (Wildman–Crippen MR) is 119 cm³/mol. The van der Waals surface area contributed by atoms with Crippen molar-refractivity contribution in [3.05, 3.63) is 77.2 Å². The minimum atomic E-state index is -0.337. The smallest absolute Gasteiger partial charge is 0.336 e. The highest BCUT2D eigenvalue weighted by atomic mass is 16.4. The molecule has 4 heterocycles. The molecular weight excluding hydrogens is 392 g/mol. The number of benzene rings is 1. The molecule has 0 aliphatic carbocycles. The largest absolute Gasteiger partial charge is 0.423 e. The molecule has 156 valence electrons. The van der Waals surface area contributed by atoms with Crippen LogP contribution in [0.25, 0.3) is 22.2 Å². The highest BCUT2D eigenvalue weighted by molar-refractivity contribution is 5.84. The number of hydrogen-bond acceptors (Lipinski definition) is 8. The maximum Gasteiger partial charge on any atom is 0.336 e. The van der Waals surface area contributed by atoms with Crippen molar-refractivity contribution in [2.75, 3.05) is 31.5 Å². The Morgan fingerprint density at radius 2 is 2.00 bits per heavy atom. The number of anilines is 2. The van der Waals surface area contributed by atoms with Gasteiger partial charge in [0, 0.05) is 80.0 Å². The molecule has 5 rings (SSSR count). The lowest BCUT2D eigenvalue weighted by molar-refractivity contribution is 0.233. The molecule has 1 aromatic carbocycles. The zero-order valence-corrected chi connectivity index (χ0v) is 16.9. The molecule has 4 aromatic rings. The average Bonchev–Trinajstić information content (AvgIpc) is 2.80. The van der Waals surface area contributed by atoms with Crippen molar-refractivity contribution in [3.8, 4) is 11.3 Å². The van der Waals surface area contributed by atoms with E-state index in [2.05, 4.69) is 30.5 Å². The molecule has 0 atom stereocenters. The monoisotopic (exact) mass is 414 g/mol. The molecule has 0 spiro atoms. The Morgan fingerprint density at radius 1 is 1.10 bits per heavy atom. The zero-order valence-electron chi connectivity index (χ0n) is 16.9. The maximum atomic E-state index is 12.2. The van der Waals surface area contributed by atoms with E-state index in [4.69, 9.17) is 4.42 Å². The molecule has 0 saturated carbocycles. The zero-order chi connectivity index (χ0) is 21.0. The molecule has 0 unspecified atom stereocenters. The number of aromatic nitrogens is 3. The quantitative estimate of drug-likeness (QED) is 0.481. The standard InChI is InChI=1S/C23H22N6O2/c30-23-10-17(14-29-8-6-24-7-9-29)19-4-3-18(11-21(19)31-23)28-22-12-20(26-15-27-22)16-2-1-5-25-13-16/h1-5,10-13,15,24H,6-9,14H2,(H,26,27,28). The number of piperazine rings is 1. The summed E-state index contributed by atoms with van der Waals surface area (Å²) in [6.07, 6.45) is 5.00. The van der Waals surface area contributed by atoms with Crippen molar-refractivity contribution in [1.29, 1.82) is 0 Å². The van der Waals surface area contributed by atoms with Crippen LogP contribution in [0.3, 0.4) is 0 Å². The van der Waals surface area contributed by atoms with Crippen molar-refractivity contribution in [1.82, 2.24) is 25.2 Å². The fourth-order valence-corrected chi connectivity index (χ4v) is 3.79. The van der Waals surface area contributed by atoms with Gasteiger partial charge >= 0.3 is 5.63 Å². The van der Waals surface area contributed by atoms with Gasteiger partial charge in [0.1, 0.15) is 17.7 Å². The van der Waals surface area contributed by atoms with Crippen LogP contribution in [0.15, 0.2) is 70.4 Å². The van der Waals surface area contributed by atoms with Gasteiger partial charge in [-0.15, -0.1) is 0 Å². The fraction of sp³-hybridized carbons (Fsp3) is 0.217. The summed E-state index contributed by atoms with van der Waals surface area (Å²) in [5, 5.41) is 7.57. The number of rotatable bonds is 5. The summed E-state index contributed by atoms with van der Waals surface area (Å²) in [5.41, 5.74) is 3.68. The Hall–Kier alpha value is -3.62. The van der Waals surface area contributed by atoms with Crippen LogP contribution < -0.4 is 16.3 Å². The van der Waals surface area contributed by atoms with Gasteiger partial charge in [0.2, 0.25) is 0 Å². The van der Waals surface area contributed by atoms with Crippen LogP contribution in [0.1, 0.15) is 5.56 Å². The van der Waals surface area contributed by atoms with Crippen molar-refractivity contribution in [2.24, 2.45) is 0 Å². The first kappa shape index (κ1) is 19.3. The molecule has 1 saturated heterocycles. The first-order valence-electron chi connectivity index (χ1n) is 10.2. The second kappa shape index (κ2) is 8.63. The molecule has 1 aliphatic heterocycles. The Morgan fingerprint density at radius 3 is 2.84 bits per heavy atom. The summed E-state index contributed by atoms with van der Waals surface area (Å²) < 4.78 is 5.50. The van der Waals surface area contributed by atoms with Crippen molar-refractivity contribution >= 4 is 22.5 Å². The lowest BCUT2D eigenvalue weighted by Crippen LogP contribution is -2.43. The van der Waals surface area contributed by atoms with Crippen molar-refractivity contribution in [2.45, 2.75) is 6.54 Å². The van der Waals surface area contributed by atoms with Crippen LogP contribution in [-0.4, -0.2) is 46.0 Å². The highest BCUT2D eigenvalue weighted by Crippen LogP contribution is 2.25. The minimum absolute atomic E-state index is 0.337. The first-order valence-corrected chi connectivity index (χ1v) is 10.2. The Labute approximate surface area is 179 Å². The molecule has 3 aromatic heterocycles. The molecular formula is C23H22N6O2. The first-order chi connectivity index (χ1) is 15.2. The molecule has 8 nitrogen and oxygen atoms in total. The van der Waals surface area contributed by atoms with Crippen molar-refractivity contribution in [3.63, 3.8) is 0 Å². The van der Waals surface area contributed by atoms with E-state index in [0.717, 1.165) is 60.6 Å². The van der Waals surface area contributed by atoms with Gasteiger partial charge < -0.3 is 15.1 Å². The lowest BCUT2D eigenvalue weighted by Gasteiger charge is -2.27. The van der Waals surface area contributed by atoms with E-state index in [-0.39, 0.29) is 5.63 Å². The highest BCUT2D eigenvalue weighted by Gasteiger charge is 2.14. The van der Waals surface area contributed by atoms with E-state index in [0.29, 0.717) is 11.4 Å². The van der Waals surface area contributed by atoms with Crippen LogP contribution in [0.5, 0.6) is 0 Å². The molecule has 2 N–H and O–H groups in total. The van der Waals surface area contributed by atoms with Gasteiger partial charge in [-0.25, -0.2) is 14.8 Å². The predicted octanol–water partition coefficient (Wildman–Crippen LogP) is 2.79. The van der Waals surface area contributed by atoms with Crippen molar-refractivity contribution < 1.29 is 4.42 Å². The van der Waals surface area contributed by atoms with Gasteiger partial charge in [-0.05, 0) is 29.8 Å². The van der Waals surface area contributed by atoms with E-state index in [1.807, 2.05) is 36.4 Å². The minimum Gasteiger partial charge on any atom is -0.423 e. The van der Waals surface area contributed by atoms with E-state index in [9.17, 15) is 4.79 Å². The molecule has 1 fully saturated rings. The lowest BCUT2D eigenvalue weighted by atomic mass is 10.1. The molecule has 1 aliphatic rings. The van der Waals surface area contributed by atoms with Gasteiger partial charge in [-0.3, -0.25) is 9.88 Å². The summed E-state index contributed by atoms with van der Waals surface area (Å²) in [7, 11) is 0. The Balaban J connectivity index is 1.42. The number of nitrogens with one attached hydrogen (secondary N) is 2. The van der Waals surface area contributed by atoms with E-state index in [1.54, 1.807) is 18.5 Å². The summed E-state index contributed by atoms with van der Waals surface area (Å²) in [6, 6.07) is 13.1. The Kier molecular flexibility index (Phi) is 5.39. The van der Waals surface area contributed by atoms with Gasteiger partial charge in [-0.2, -0.15) is 0 Å². The van der Waals surface area contributed by atoms with Crippen LogP contribution in [-0.2, 0) is 6.54 Å². The van der Waals surface area contributed by atoms with Crippen LogP contribution in [0.4, 0.5) is 11.5 Å². The van der Waals surface area contributed by atoms with Crippen LogP contribution >= 0.6 is 0 Å². The number of hydrogen-bond donors (Lipinski definition) is 2. The third-order valence-corrected chi connectivity index (χ3v) is 5.33. The number of pyridine rings is 1. The normalized spacial score (nSPS) is 14.6. The summed E-state index contributed by atoms with van der Waals surface area (Å²) in [4.78, 5) is 27.3. The topological polar surface area (TPSA) is 96.2 Å². The van der Waals surface area contributed by atoms with Gasteiger partial charge in [0.15, 0.2) is 0 Å². The fourth-order valence-electron chi connectivity index (χ4n) is 3.79. The molecule has 0 radical (unpaired) electrons. The third-order valence-electron chi connectivity index (χ3n) is 5.33. The molecule has 31 heavy (non-hydrogen) atoms. The summed E-state index contributed by atoms with van der Waals surface area (Å²) >= 11 is 0.